The van der Waals surface area contributed by atoms with Crippen molar-refractivity contribution in [2.45, 2.75) is 19.3 Å². The van der Waals surface area contributed by atoms with Gasteiger partial charge in [-0.05, 0) is 25.0 Å². The van der Waals surface area contributed by atoms with E-state index < -0.39 is 0 Å². The van der Waals surface area contributed by atoms with Gasteiger partial charge in [0.1, 0.15) is 0 Å². The van der Waals surface area contributed by atoms with Crippen LogP contribution in [0, 0.1) is 0 Å². The average molecular weight is 212 g/mol. The second-order valence-electron chi connectivity index (χ2n) is 3.49. The van der Waals surface area contributed by atoms with Crippen LogP contribution in [-0.4, -0.2) is 23.1 Å². The minimum absolute atomic E-state index is 0.679. The number of nitrogens with zero attached hydrogens (tertiary/aromatic N) is 2. The van der Waals surface area contributed by atoms with Gasteiger partial charge in [0.25, 0.3) is 0 Å². The van der Waals surface area contributed by atoms with Crippen molar-refractivity contribution < 1.29 is 0 Å². The zero-order valence-corrected chi connectivity index (χ0v) is 8.80. The van der Waals surface area contributed by atoms with Gasteiger partial charge >= 0.3 is 0 Å². The Morgan fingerprint density at radius 3 is 2.79 bits per heavy atom. The highest BCUT2D eigenvalue weighted by Gasteiger charge is 2.11. The number of hydrogen-bond donors (Lipinski definition) is 1. The molecule has 1 aromatic rings. The predicted molar refractivity (Wildman–Crippen MR) is 58.3 cm³/mol. The highest BCUT2D eigenvalue weighted by Crippen LogP contribution is 2.19. The lowest BCUT2D eigenvalue weighted by atomic mass is 10.2. The molecule has 3 nitrogen and oxygen atoms in total. The Kier molecular flexibility index (Phi) is 3.22. The summed E-state index contributed by atoms with van der Waals surface area (Å²) >= 11 is 5.99. The Morgan fingerprint density at radius 1 is 1.29 bits per heavy atom. The second kappa shape index (κ2) is 4.62. The van der Waals surface area contributed by atoms with Gasteiger partial charge in [0.05, 0.1) is 5.02 Å². The zero-order chi connectivity index (χ0) is 9.80. The third kappa shape index (κ3) is 2.36. The van der Waals surface area contributed by atoms with E-state index in [4.69, 9.17) is 11.6 Å². The summed E-state index contributed by atoms with van der Waals surface area (Å²) in [7, 11) is 0. The Morgan fingerprint density at radius 2 is 2.07 bits per heavy atom. The maximum Gasteiger partial charge on any atom is 0.159 e. The fourth-order valence-electron chi connectivity index (χ4n) is 1.62. The maximum atomic E-state index is 5.99. The van der Waals surface area contributed by atoms with Crippen molar-refractivity contribution in [2.24, 2.45) is 0 Å². The summed E-state index contributed by atoms with van der Waals surface area (Å²) in [6.07, 6.45) is 5.57. The van der Waals surface area contributed by atoms with E-state index in [2.05, 4.69) is 15.4 Å². The van der Waals surface area contributed by atoms with Crippen LogP contribution in [0.25, 0.3) is 0 Å². The lowest BCUT2D eigenvalue weighted by molar-refractivity contribution is 0.272. The number of nitrogens with one attached hydrogen (secondary N) is 1. The van der Waals surface area contributed by atoms with Gasteiger partial charge in [0, 0.05) is 19.3 Å². The van der Waals surface area contributed by atoms with Crippen molar-refractivity contribution in [3.8, 4) is 0 Å². The van der Waals surface area contributed by atoms with Crippen molar-refractivity contribution in [1.29, 1.82) is 0 Å². The predicted octanol–water partition coefficient (Wildman–Crippen LogP) is 2.55. The largest absolute Gasteiger partial charge is 0.302 e. The van der Waals surface area contributed by atoms with Crippen LogP contribution < -0.4 is 5.43 Å². The summed E-state index contributed by atoms with van der Waals surface area (Å²) in [4.78, 5) is 4.19. The van der Waals surface area contributed by atoms with Crippen molar-refractivity contribution in [3.05, 3.63) is 23.4 Å². The van der Waals surface area contributed by atoms with E-state index in [9.17, 15) is 0 Å². The van der Waals surface area contributed by atoms with E-state index in [0.29, 0.717) is 5.02 Å². The first kappa shape index (κ1) is 9.74. The van der Waals surface area contributed by atoms with Crippen LogP contribution in [0.2, 0.25) is 5.02 Å². The fraction of sp³-hybridized carbons (Fsp3) is 0.500. The van der Waals surface area contributed by atoms with Crippen molar-refractivity contribution in [3.63, 3.8) is 0 Å². The summed E-state index contributed by atoms with van der Waals surface area (Å²) in [5.74, 6) is 0.760. The molecule has 0 radical (unpaired) electrons. The normalized spacial score (nSPS) is 18.1. The van der Waals surface area contributed by atoms with Gasteiger partial charge in [-0.2, -0.15) is 0 Å². The molecule has 0 spiro atoms. The number of anilines is 1. The first-order chi connectivity index (χ1) is 6.86. The molecular weight excluding hydrogens is 198 g/mol. The molecule has 1 aliphatic heterocycles. The Hall–Kier alpha value is -0.800. The number of halogens is 1. The summed E-state index contributed by atoms with van der Waals surface area (Å²) < 4.78 is 0. The minimum Gasteiger partial charge on any atom is -0.302 e. The molecule has 1 fully saturated rings. The van der Waals surface area contributed by atoms with Crippen LogP contribution in [0.15, 0.2) is 18.3 Å². The molecule has 0 aliphatic carbocycles. The van der Waals surface area contributed by atoms with E-state index >= 15 is 0 Å². The molecule has 0 bridgehead atoms. The SMILES string of the molecule is Clc1cccnc1NN1CCCCC1. The van der Waals surface area contributed by atoms with Gasteiger partial charge < -0.3 is 5.43 Å². The molecule has 0 saturated carbocycles. The van der Waals surface area contributed by atoms with Gasteiger partial charge in [-0.25, -0.2) is 9.99 Å². The average Bonchev–Trinajstić information content (AvgIpc) is 2.23. The molecule has 1 saturated heterocycles. The van der Waals surface area contributed by atoms with E-state index in [1.54, 1.807) is 6.20 Å². The molecule has 0 unspecified atom stereocenters. The van der Waals surface area contributed by atoms with Gasteiger partial charge in [-0.3, -0.25) is 0 Å². The molecule has 4 heteroatoms. The topological polar surface area (TPSA) is 28.2 Å². The third-order valence-electron chi connectivity index (χ3n) is 2.38. The smallest absolute Gasteiger partial charge is 0.159 e. The van der Waals surface area contributed by atoms with E-state index in [1.165, 1.54) is 19.3 Å². The van der Waals surface area contributed by atoms with Crippen LogP contribution >= 0.6 is 11.6 Å². The van der Waals surface area contributed by atoms with Crippen LogP contribution in [0.1, 0.15) is 19.3 Å². The van der Waals surface area contributed by atoms with E-state index in [1.807, 2.05) is 12.1 Å². The Labute approximate surface area is 89.1 Å². The first-order valence-electron chi connectivity index (χ1n) is 4.98. The lowest BCUT2D eigenvalue weighted by Crippen LogP contribution is -2.35. The fourth-order valence-corrected chi connectivity index (χ4v) is 1.79. The number of aromatic nitrogens is 1. The minimum atomic E-state index is 0.679. The monoisotopic (exact) mass is 211 g/mol. The van der Waals surface area contributed by atoms with E-state index in [-0.39, 0.29) is 0 Å². The number of pyridine rings is 1. The summed E-state index contributed by atoms with van der Waals surface area (Å²) in [5, 5.41) is 2.86. The van der Waals surface area contributed by atoms with E-state index in [0.717, 1.165) is 18.9 Å². The molecule has 76 valence electrons. The second-order valence-corrected chi connectivity index (χ2v) is 3.90. The van der Waals surface area contributed by atoms with Crippen LogP contribution in [-0.2, 0) is 0 Å². The van der Waals surface area contributed by atoms with Gasteiger partial charge in [-0.15, -0.1) is 0 Å². The number of hydrazine groups is 1. The summed E-state index contributed by atoms with van der Waals surface area (Å²) in [6.45, 7) is 2.15. The van der Waals surface area contributed by atoms with Gasteiger partial charge in [-0.1, -0.05) is 18.0 Å². The third-order valence-corrected chi connectivity index (χ3v) is 2.68. The standard InChI is InChI=1S/C10H14ClN3/c11-9-5-4-6-12-10(9)13-14-7-2-1-3-8-14/h4-6H,1-3,7-8H2,(H,12,13). The number of piperidine rings is 1. The van der Waals surface area contributed by atoms with Crippen molar-refractivity contribution in [1.82, 2.24) is 9.99 Å². The molecule has 14 heavy (non-hydrogen) atoms. The quantitative estimate of drug-likeness (QED) is 0.815. The van der Waals surface area contributed by atoms with Crippen molar-refractivity contribution in [2.75, 3.05) is 18.5 Å². The highest BCUT2D eigenvalue weighted by atomic mass is 35.5. The molecule has 1 N–H and O–H groups in total. The zero-order valence-electron chi connectivity index (χ0n) is 8.04. The number of rotatable bonds is 2. The molecule has 2 heterocycles. The molecule has 1 aliphatic rings. The maximum absolute atomic E-state index is 5.99. The molecule has 2 rings (SSSR count). The number of hydrogen-bond acceptors (Lipinski definition) is 3. The first-order valence-corrected chi connectivity index (χ1v) is 5.36. The van der Waals surface area contributed by atoms with Crippen molar-refractivity contribution >= 4 is 17.4 Å². The van der Waals surface area contributed by atoms with Gasteiger partial charge in [0.15, 0.2) is 5.82 Å². The van der Waals surface area contributed by atoms with Crippen LogP contribution in [0.5, 0.6) is 0 Å². The molecule has 0 amide bonds. The molecular formula is C10H14ClN3. The molecule has 1 aromatic heterocycles. The Bertz CT molecular complexity index is 297. The van der Waals surface area contributed by atoms with Crippen LogP contribution in [0.3, 0.4) is 0 Å². The van der Waals surface area contributed by atoms with Crippen LogP contribution in [0.4, 0.5) is 5.82 Å². The summed E-state index contributed by atoms with van der Waals surface area (Å²) in [6, 6.07) is 3.69. The molecule has 0 aromatic carbocycles. The lowest BCUT2D eigenvalue weighted by Gasteiger charge is -2.27. The van der Waals surface area contributed by atoms with Gasteiger partial charge in [0.2, 0.25) is 0 Å². The highest BCUT2D eigenvalue weighted by molar-refractivity contribution is 6.32. The Balaban J connectivity index is 1.99. The molecule has 0 atom stereocenters. The summed E-state index contributed by atoms with van der Waals surface area (Å²) in [5.41, 5.74) is 3.24.